The van der Waals surface area contributed by atoms with Crippen LogP contribution >= 0.6 is 11.3 Å². The van der Waals surface area contributed by atoms with E-state index in [1.54, 1.807) is 17.6 Å². The molecule has 0 spiro atoms. The number of rotatable bonds is 17. The summed E-state index contributed by atoms with van der Waals surface area (Å²) >= 11 is 1.57. The Morgan fingerprint density at radius 2 is 1.43 bits per heavy atom. The molecule has 0 amide bonds. The summed E-state index contributed by atoms with van der Waals surface area (Å²) in [5, 5.41) is 0.736. The average molecular weight is 493 g/mol. The number of fused-ring (bicyclic) bond motifs is 1. The molecule has 0 bridgehead atoms. The number of carbonyl (C=O) groups excluding carboxylic acids is 1. The molecule has 0 unspecified atom stereocenters. The Morgan fingerprint density at radius 3 is 2.06 bits per heavy atom. The van der Waals surface area contributed by atoms with Gasteiger partial charge in [0, 0.05) is 12.6 Å². The van der Waals surface area contributed by atoms with Gasteiger partial charge in [0.15, 0.2) is 0 Å². The summed E-state index contributed by atoms with van der Waals surface area (Å²) < 4.78 is 6.62. The van der Waals surface area contributed by atoms with Crippen molar-refractivity contribution in [3.8, 4) is 5.75 Å². The van der Waals surface area contributed by atoms with E-state index in [4.69, 9.17) is 4.74 Å². The van der Waals surface area contributed by atoms with Crippen molar-refractivity contribution >= 4 is 38.9 Å². The smallest absolute Gasteiger partial charge is 0.311 e. The van der Waals surface area contributed by atoms with Gasteiger partial charge in [-0.3, -0.25) is 4.79 Å². The van der Waals surface area contributed by atoms with E-state index in [-0.39, 0.29) is 5.97 Å². The number of unbranched alkanes of at least 4 members (excludes halogenated alkanes) is 12. The highest BCUT2D eigenvalue weighted by molar-refractivity contribution is 7.22. The number of para-hydroxylation sites is 1. The standard InChI is InChI=1S/C30H40N2O2S/c1-2-3-4-5-6-7-8-9-10-11-12-13-14-19-29(33)34-26-22-20-25(21-23-26)24-31-30-32-27-17-15-16-18-28(27)35-30/h15-18,20-24H,2-14,19H2,1H3/b31-24+. The lowest BCUT2D eigenvalue weighted by atomic mass is 10.0. The Kier molecular flexibility index (Phi) is 12.5. The van der Waals surface area contributed by atoms with Crippen LogP contribution in [0, 0.1) is 0 Å². The van der Waals surface area contributed by atoms with Crippen LogP contribution in [0.2, 0.25) is 0 Å². The molecule has 2 aromatic carbocycles. The minimum absolute atomic E-state index is 0.149. The van der Waals surface area contributed by atoms with E-state index in [0.29, 0.717) is 12.2 Å². The van der Waals surface area contributed by atoms with Gasteiger partial charge in [-0.2, -0.15) is 0 Å². The van der Waals surface area contributed by atoms with Crippen molar-refractivity contribution in [2.75, 3.05) is 0 Å². The van der Waals surface area contributed by atoms with Gasteiger partial charge in [0.05, 0.1) is 10.2 Å². The van der Waals surface area contributed by atoms with Crippen molar-refractivity contribution in [1.82, 2.24) is 4.98 Å². The number of aliphatic imine (C=N–C) groups is 1. The number of thiazole rings is 1. The molecule has 0 N–H and O–H groups in total. The van der Waals surface area contributed by atoms with Gasteiger partial charge in [0.25, 0.3) is 0 Å². The average Bonchev–Trinajstić information content (AvgIpc) is 3.29. The molecule has 0 saturated carbocycles. The van der Waals surface area contributed by atoms with Crippen LogP contribution in [0.4, 0.5) is 5.13 Å². The molecular weight excluding hydrogens is 452 g/mol. The van der Waals surface area contributed by atoms with Crippen LogP contribution in [0.5, 0.6) is 5.75 Å². The van der Waals surface area contributed by atoms with E-state index in [2.05, 4.69) is 16.9 Å². The fraction of sp³-hybridized carbons (Fsp3) is 0.500. The largest absolute Gasteiger partial charge is 0.427 e. The SMILES string of the molecule is CCCCCCCCCCCCCCCC(=O)Oc1ccc(/C=N/c2nc3ccccc3s2)cc1. The summed E-state index contributed by atoms with van der Waals surface area (Å²) in [4.78, 5) is 21.1. The minimum Gasteiger partial charge on any atom is -0.427 e. The molecule has 0 fully saturated rings. The molecule has 0 atom stereocenters. The van der Waals surface area contributed by atoms with E-state index in [9.17, 15) is 4.79 Å². The number of benzene rings is 2. The van der Waals surface area contributed by atoms with E-state index >= 15 is 0 Å². The van der Waals surface area contributed by atoms with Gasteiger partial charge in [-0.15, -0.1) is 0 Å². The maximum absolute atomic E-state index is 12.1. The lowest BCUT2D eigenvalue weighted by Crippen LogP contribution is -2.07. The number of hydrogen-bond acceptors (Lipinski definition) is 5. The third-order valence-corrected chi connectivity index (χ3v) is 7.15. The summed E-state index contributed by atoms with van der Waals surface area (Å²) in [6, 6.07) is 15.5. The topological polar surface area (TPSA) is 51.5 Å². The Bertz CT molecular complexity index is 993. The van der Waals surface area contributed by atoms with Gasteiger partial charge in [-0.1, -0.05) is 107 Å². The normalized spacial score (nSPS) is 11.5. The van der Waals surface area contributed by atoms with Crippen LogP contribution in [0.3, 0.4) is 0 Å². The highest BCUT2D eigenvalue weighted by Gasteiger charge is 2.05. The zero-order valence-electron chi connectivity index (χ0n) is 21.2. The van der Waals surface area contributed by atoms with Gasteiger partial charge in [0.1, 0.15) is 5.75 Å². The summed E-state index contributed by atoms with van der Waals surface area (Å²) in [7, 11) is 0. The molecule has 0 aliphatic heterocycles. The lowest BCUT2D eigenvalue weighted by Gasteiger charge is -2.05. The van der Waals surface area contributed by atoms with Crippen LogP contribution in [-0.2, 0) is 4.79 Å². The first kappa shape index (κ1) is 27.1. The number of hydrogen-bond donors (Lipinski definition) is 0. The number of esters is 1. The summed E-state index contributed by atoms with van der Waals surface area (Å²) in [5.41, 5.74) is 1.91. The molecule has 1 aromatic heterocycles. The van der Waals surface area contributed by atoms with Crippen molar-refractivity contribution in [2.24, 2.45) is 4.99 Å². The first-order valence-electron chi connectivity index (χ1n) is 13.4. The third kappa shape index (κ3) is 10.7. The van der Waals surface area contributed by atoms with Crippen molar-refractivity contribution < 1.29 is 9.53 Å². The summed E-state index contributed by atoms with van der Waals surface area (Å²) in [6.45, 7) is 2.27. The fourth-order valence-corrected chi connectivity index (χ4v) is 4.95. The number of ether oxygens (including phenoxy) is 1. The fourth-order valence-electron chi connectivity index (χ4n) is 4.14. The second kappa shape index (κ2) is 16.2. The monoisotopic (exact) mass is 492 g/mol. The zero-order valence-corrected chi connectivity index (χ0v) is 22.0. The van der Waals surface area contributed by atoms with Crippen LogP contribution in [0.25, 0.3) is 10.2 Å². The number of aromatic nitrogens is 1. The summed E-state index contributed by atoms with van der Waals surface area (Å²) in [6.07, 6.45) is 19.2. The lowest BCUT2D eigenvalue weighted by molar-refractivity contribution is -0.134. The molecule has 0 aliphatic carbocycles. The molecule has 5 heteroatoms. The van der Waals surface area contributed by atoms with Crippen LogP contribution in [0.15, 0.2) is 53.5 Å². The number of nitrogens with zero attached hydrogens (tertiary/aromatic N) is 2. The molecule has 0 saturated heterocycles. The molecule has 188 valence electrons. The Labute approximate surface area is 214 Å². The minimum atomic E-state index is -0.149. The van der Waals surface area contributed by atoms with Crippen molar-refractivity contribution in [2.45, 2.75) is 96.8 Å². The van der Waals surface area contributed by atoms with Gasteiger partial charge in [0.2, 0.25) is 5.13 Å². The van der Waals surface area contributed by atoms with E-state index in [1.165, 1.54) is 70.6 Å². The van der Waals surface area contributed by atoms with E-state index < -0.39 is 0 Å². The highest BCUT2D eigenvalue weighted by atomic mass is 32.1. The molecule has 3 aromatic rings. The van der Waals surface area contributed by atoms with Gasteiger partial charge in [-0.05, 0) is 48.4 Å². The molecule has 1 heterocycles. The second-order valence-corrected chi connectivity index (χ2v) is 10.3. The highest BCUT2D eigenvalue weighted by Crippen LogP contribution is 2.27. The predicted molar refractivity (Wildman–Crippen MR) is 149 cm³/mol. The van der Waals surface area contributed by atoms with Crippen LogP contribution in [-0.4, -0.2) is 17.2 Å². The van der Waals surface area contributed by atoms with Crippen LogP contribution in [0.1, 0.15) is 102 Å². The summed E-state index contributed by atoms with van der Waals surface area (Å²) in [5.74, 6) is 0.436. The van der Waals surface area contributed by atoms with E-state index in [1.807, 2.05) is 48.5 Å². The Balaban J connectivity index is 1.23. The van der Waals surface area contributed by atoms with Crippen molar-refractivity contribution in [3.05, 3.63) is 54.1 Å². The molecule has 4 nitrogen and oxygen atoms in total. The van der Waals surface area contributed by atoms with Gasteiger partial charge >= 0.3 is 5.97 Å². The van der Waals surface area contributed by atoms with Crippen molar-refractivity contribution in [1.29, 1.82) is 0 Å². The predicted octanol–water partition coefficient (Wildman–Crippen LogP) is 9.43. The molecule has 0 radical (unpaired) electrons. The first-order chi connectivity index (χ1) is 17.2. The Morgan fingerprint density at radius 1 is 0.829 bits per heavy atom. The van der Waals surface area contributed by atoms with Crippen molar-refractivity contribution in [3.63, 3.8) is 0 Å². The maximum atomic E-state index is 12.1. The quantitative estimate of drug-likeness (QED) is 0.0816. The Hall–Kier alpha value is -2.53. The van der Waals surface area contributed by atoms with Crippen LogP contribution < -0.4 is 4.74 Å². The zero-order chi connectivity index (χ0) is 24.6. The molecule has 3 rings (SSSR count). The maximum Gasteiger partial charge on any atom is 0.311 e. The third-order valence-electron chi connectivity index (χ3n) is 6.20. The van der Waals surface area contributed by atoms with Gasteiger partial charge < -0.3 is 4.74 Å². The first-order valence-corrected chi connectivity index (χ1v) is 14.3. The molecule has 0 aliphatic rings. The van der Waals surface area contributed by atoms with E-state index in [0.717, 1.165) is 33.8 Å². The number of carbonyl (C=O) groups is 1. The molecule has 35 heavy (non-hydrogen) atoms. The van der Waals surface area contributed by atoms with Gasteiger partial charge in [-0.25, -0.2) is 9.98 Å². The second-order valence-electron chi connectivity index (χ2n) is 9.26. The molecular formula is C30H40N2O2S.